The van der Waals surface area contributed by atoms with E-state index < -0.39 is 0 Å². The molecular weight excluding hydrogens is 293 g/mol. The first-order valence-electron chi connectivity index (χ1n) is 8.42. The first-order valence-corrected chi connectivity index (χ1v) is 8.42. The Kier molecular flexibility index (Phi) is 4.69. The number of rotatable bonds is 3. The minimum Gasteiger partial charge on any atom is -0.352 e. The van der Waals surface area contributed by atoms with Gasteiger partial charge in [-0.2, -0.15) is 0 Å². The van der Waals surface area contributed by atoms with Gasteiger partial charge in [0.05, 0.1) is 0 Å². The molecule has 0 aliphatic carbocycles. The smallest absolute Gasteiger partial charge is 0.217 e. The summed E-state index contributed by atoms with van der Waals surface area (Å²) in [5, 5.41) is 3.10. The fourth-order valence-electron chi connectivity index (χ4n) is 4.09. The van der Waals surface area contributed by atoms with Crippen LogP contribution in [-0.4, -0.2) is 54.0 Å². The number of nitrogens with one attached hydrogen (secondary N) is 1. The molecule has 1 amide bonds. The minimum absolute atomic E-state index is 0.0432. The normalized spacial score (nSPS) is 24.9. The molecule has 4 nitrogen and oxygen atoms in total. The van der Waals surface area contributed by atoms with Gasteiger partial charge >= 0.3 is 0 Å². The highest BCUT2D eigenvalue weighted by Gasteiger charge is 2.46. The van der Waals surface area contributed by atoms with Crippen LogP contribution in [0.15, 0.2) is 24.3 Å². The highest BCUT2D eigenvalue weighted by Crippen LogP contribution is 2.39. The molecule has 2 heterocycles. The molecule has 5 heteroatoms. The lowest BCUT2D eigenvalue weighted by Gasteiger charge is -2.44. The molecule has 1 unspecified atom stereocenters. The number of halogens is 1. The van der Waals surface area contributed by atoms with Crippen LogP contribution in [0.3, 0.4) is 0 Å². The maximum absolute atomic E-state index is 13.1. The van der Waals surface area contributed by atoms with Crippen molar-refractivity contribution in [3.8, 4) is 0 Å². The number of hydrogen-bond donors (Lipinski definition) is 1. The van der Waals surface area contributed by atoms with E-state index in [0.29, 0.717) is 0 Å². The number of carbonyl (C=O) groups is 1. The Labute approximate surface area is 137 Å². The largest absolute Gasteiger partial charge is 0.352 e. The Hall–Kier alpha value is -1.46. The second-order valence-electron chi connectivity index (χ2n) is 7.14. The number of amides is 1. The third-order valence-corrected chi connectivity index (χ3v) is 5.35. The third kappa shape index (κ3) is 3.72. The van der Waals surface area contributed by atoms with Gasteiger partial charge < -0.3 is 10.2 Å². The van der Waals surface area contributed by atoms with E-state index in [2.05, 4.69) is 22.2 Å². The van der Waals surface area contributed by atoms with Crippen LogP contribution >= 0.6 is 0 Å². The molecular formula is C18H26FN3O. The average Bonchev–Trinajstić information content (AvgIpc) is 2.81. The molecule has 1 aromatic carbocycles. The summed E-state index contributed by atoms with van der Waals surface area (Å²) in [6, 6.07) is 7.00. The van der Waals surface area contributed by atoms with Crippen LogP contribution in [0, 0.1) is 5.82 Å². The Morgan fingerprint density at radius 1 is 1.30 bits per heavy atom. The van der Waals surface area contributed by atoms with E-state index in [-0.39, 0.29) is 23.3 Å². The Morgan fingerprint density at radius 3 is 2.57 bits per heavy atom. The zero-order chi connectivity index (χ0) is 16.4. The van der Waals surface area contributed by atoms with Gasteiger partial charge in [0.15, 0.2) is 0 Å². The predicted molar refractivity (Wildman–Crippen MR) is 88.5 cm³/mol. The van der Waals surface area contributed by atoms with Gasteiger partial charge in [-0.05, 0) is 57.1 Å². The second kappa shape index (κ2) is 6.57. The minimum atomic E-state index is -0.194. The molecule has 0 bridgehead atoms. The molecule has 0 saturated carbocycles. The predicted octanol–water partition coefficient (Wildman–Crippen LogP) is 2.00. The monoisotopic (exact) mass is 319 g/mol. The number of piperidine rings is 1. The van der Waals surface area contributed by atoms with Crippen molar-refractivity contribution >= 4 is 5.91 Å². The van der Waals surface area contributed by atoms with Crippen LogP contribution in [0.5, 0.6) is 0 Å². The average molecular weight is 319 g/mol. The van der Waals surface area contributed by atoms with Crippen LogP contribution in [-0.2, 0) is 11.3 Å². The molecule has 1 N–H and O–H groups in total. The quantitative estimate of drug-likeness (QED) is 0.926. The summed E-state index contributed by atoms with van der Waals surface area (Å²) in [5.41, 5.74) is 1.29. The SMILES string of the molecule is CC(=O)NC1CN(Cc2ccc(F)cc2)C2(CCN(C)CC2)C1. The van der Waals surface area contributed by atoms with E-state index in [1.807, 2.05) is 12.1 Å². The molecule has 1 spiro atoms. The fraction of sp³-hybridized carbons (Fsp3) is 0.611. The fourth-order valence-corrected chi connectivity index (χ4v) is 4.09. The highest BCUT2D eigenvalue weighted by molar-refractivity contribution is 5.73. The van der Waals surface area contributed by atoms with Crippen molar-refractivity contribution in [2.24, 2.45) is 0 Å². The lowest BCUT2D eigenvalue weighted by atomic mass is 9.84. The summed E-state index contributed by atoms with van der Waals surface area (Å²) in [6.07, 6.45) is 3.27. The van der Waals surface area contributed by atoms with E-state index in [0.717, 1.165) is 51.0 Å². The summed E-state index contributed by atoms with van der Waals surface area (Å²) in [6.45, 7) is 5.46. The van der Waals surface area contributed by atoms with Gasteiger partial charge in [0, 0.05) is 31.6 Å². The van der Waals surface area contributed by atoms with Crippen LogP contribution in [0.1, 0.15) is 31.7 Å². The Bertz CT molecular complexity index is 552. The molecule has 0 radical (unpaired) electrons. The maximum Gasteiger partial charge on any atom is 0.217 e. The topological polar surface area (TPSA) is 35.6 Å². The summed E-state index contributed by atoms with van der Waals surface area (Å²) < 4.78 is 13.1. The van der Waals surface area contributed by atoms with Gasteiger partial charge in [-0.3, -0.25) is 9.69 Å². The van der Waals surface area contributed by atoms with Crippen molar-refractivity contribution in [2.45, 2.75) is 44.3 Å². The zero-order valence-corrected chi connectivity index (χ0v) is 14.0. The van der Waals surface area contributed by atoms with Crippen molar-refractivity contribution in [1.29, 1.82) is 0 Å². The molecule has 23 heavy (non-hydrogen) atoms. The van der Waals surface area contributed by atoms with E-state index in [1.54, 1.807) is 6.92 Å². The van der Waals surface area contributed by atoms with Crippen molar-refractivity contribution in [3.05, 3.63) is 35.6 Å². The number of carbonyl (C=O) groups excluding carboxylic acids is 1. The Morgan fingerprint density at radius 2 is 1.96 bits per heavy atom. The molecule has 1 aromatic rings. The summed E-state index contributed by atoms with van der Waals surface area (Å²) in [4.78, 5) is 16.3. The van der Waals surface area contributed by atoms with Gasteiger partial charge in [-0.25, -0.2) is 4.39 Å². The Balaban J connectivity index is 1.76. The van der Waals surface area contributed by atoms with Crippen molar-refractivity contribution < 1.29 is 9.18 Å². The van der Waals surface area contributed by atoms with Crippen LogP contribution in [0.4, 0.5) is 4.39 Å². The van der Waals surface area contributed by atoms with Gasteiger partial charge in [0.25, 0.3) is 0 Å². The van der Waals surface area contributed by atoms with Gasteiger partial charge in [-0.15, -0.1) is 0 Å². The second-order valence-corrected chi connectivity index (χ2v) is 7.14. The lowest BCUT2D eigenvalue weighted by Crippen LogP contribution is -2.50. The third-order valence-electron chi connectivity index (χ3n) is 5.35. The summed E-state index contributed by atoms with van der Waals surface area (Å²) >= 11 is 0. The molecule has 2 fully saturated rings. The van der Waals surface area contributed by atoms with Crippen LogP contribution in [0.2, 0.25) is 0 Å². The van der Waals surface area contributed by atoms with Crippen LogP contribution in [0.25, 0.3) is 0 Å². The lowest BCUT2D eigenvalue weighted by molar-refractivity contribution is -0.119. The zero-order valence-electron chi connectivity index (χ0n) is 14.0. The molecule has 3 rings (SSSR count). The summed E-state index contributed by atoms with van der Waals surface area (Å²) in [5.74, 6) is -0.151. The van der Waals surface area contributed by atoms with Crippen LogP contribution < -0.4 is 5.32 Å². The maximum atomic E-state index is 13.1. The first-order chi connectivity index (χ1) is 11.0. The van der Waals surface area contributed by atoms with E-state index in [4.69, 9.17) is 0 Å². The van der Waals surface area contributed by atoms with Crippen molar-refractivity contribution in [3.63, 3.8) is 0 Å². The van der Waals surface area contributed by atoms with Gasteiger partial charge in [0.1, 0.15) is 5.82 Å². The number of benzene rings is 1. The molecule has 2 aliphatic rings. The van der Waals surface area contributed by atoms with E-state index >= 15 is 0 Å². The molecule has 2 aliphatic heterocycles. The van der Waals surface area contributed by atoms with Gasteiger partial charge in [0.2, 0.25) is 5.91 Å². The van der Waals surface area contributed by atoms with E-state index in [9.17, 15) is 9.18 Å². The summed E-state index contributed by atoms with van der Waals surface area (Å²) in [7, 11) is 2.16. The molecule has 126 valence electrons. The van der Waals surface area contributed by atoms with Crippen molar-refractivity contribution in [1.82, 2.24) is 15.1 Å². The molecule has 0 aromatic heterocycles. The van der Waals surface area contributed by atoms with Crippen molar-refractivity contribution in [2.75, 3.05) is 26.7 Å². The standard InChI is InChI=1S/C18H26FN3O/c1-14(23)20-17-11-18(7-9-21(2)10-8-18)22(13-17)12-15-3-5-16(19)6-4-15/h3-6,17H,7-13H2,1-2H3,(H,20,23). The number of likely N-dealkylation sites (tertiary alicyclic amines) is 2. The molecule has 2 saturated heterocycles. The van der Waals surface area contributed by atoms with Gasteiger partial charge in [-0.1, -0.05) is 12.1 Å². The van der Waals surface area contributed by atoms with E-state index in [1.165, 1.54) is 12.1 Å². The number of hydrogen-bond acceptors (Lipinski definition) is 3. The highest BCUT2D eigenvalue weighted by atomic mass is 19.1. The molecule has 1 atom stereocenters. The first kappa shape index (κ1) is 16.4. The number of nitrogens with zero attached hydrogens (tertiary/aromatic N) is 2.